The van der Waals surface area contributed by atoms with Crippen molar-refractivity contribution in [2.45, 2.75) is 11.8 Å². The van der Waals surface area contributed by atoms with E-state index < -0.39 is 26.5 Å². The molecular formula is C12H9ClO5S. The third kappa shape index (κ3) is 2.17. The van der Waals surface area contributed by atoms with Gasteiger partial charge in [-0.1, -0.05) is 23.7 Å². The average Bonchev–Trinajstić information content (AvgIpc) is 2.61. The van der Waals surface area contributed by atoms with E-state index in [0.29, 0.717) is 5.56 Å². The number of esters is 1. The molecule has 1 aliphatic heterocycles. The van der Waals surface area contributed by atoms with Crippen LogP contribution in [0.15, 0.2) is 28.0 Å². The largest absolute Gasteiger partial charge is 0.460 e. The van der Waals surface area contributed by atoms with Crippen LogP contribution in [0.1, 0.15) is 12.5 Å². The van der Waals surface area contributed by atoms with Crippen molar-refractivity contribution in [3.8, 4) is 0 Å². The van der Waals surface area contributed by atoms with Gasteiger partial charge in [0.1, 0.15) is 4.91 Å². The fourth-order valence-corrected chi connectivity index (χ4v) is 3.81. The highest BCUT2D eigenvalue weighted by atomic mass is 35.5. The molecule has 2 rings (SSSR count). The Hall–Kier alpha value is -1.66. The molecule has 1 aliphatic rings. The number of benzene rings is 1. The van der Waals surface area contributed by atoms with Gasteiger partial charge in [-0.25, -0.2) is 13.2 Å². The van der Waals surface area contributed by atoms with Gasteiger partial charge in [-0.15, -0.1) is 0 Å². The summed E-state index contributed by atoms with van der Waals surface area (Å²) in [5.41, 5.74) is 0.292. The molecule has 0 unspecified atom stereocenters. The lowest BCUT2D eigenvalue weighted by Crippen LogP contribution is -2.22. The maximum absolute atomic E-state index is 12.2. The normalized spacial score (nSPS) is 15.6. The molecule has 1 aromatic rings. The number of halogens is 1. The smallest absolute Gasteiger partial charge is 0.380 e. The summed E-state index contributed by atoms with van der Waals surface area (Å²) in [7, 11) is -4.06. The van der Waals surface area contributed by atoms with Crippen molar-refractivity contribution in [2.75, 3.05) is 6.61 Å². The third-order valence-electron chi connectivity index (χ3n) is 2.53. The van der Waals surface area contributed by atoms with E-state index in [1.54, 1.807) is 6.07 Å². The highest BCUT2D eigenvalue weighted by Gasteiger charge is 2.39. The molecule has 0 aromatic heterocycles. The van der Waals surface area contributed by atoms with Crippen LogP contribution in [0.2, 0.25) is 5.02 Å². The van der Waals surface area contributed by atoms with Gasteiger partial charge in [0.05, 0.1) is 16.5 Å². The second-order valence-electron chi connectivity index (χ2n) is 3.72. The Morgan fingerprint density at radius 2 is 2.00 bits per heavy atom. The van der Waals surface area contributed by atoms with E-state index in [1.165, 1.54) is 19.1 Å². The lowest BCUT2D eigenvalue weighted by Gasteiger charge is -2.04. The van der Waals surface area contributed by atoms with Crippen molar-refractivity contribution in [1.29, 1.82) is 0 Å². The first kappa shape index (κ1) is 13.8. The number of rotatable bonds is 3. The Bertz CT molecular complexity index is 703. The summed E-state index contributed by atoms with van der Waals surface area (Å²) in [6, 6.07) is 4.47. The van der Waals surface area contributed by atoms with Gasteiger partial charge in [-0.3, -0.25) is 4.79 Å². The molecule has 7 heteroatoms. The summed E-state index contributed by atoms with van der Waals surface area (Å²) in [6.45, 7) is 1.51. The minimum Gasteiger partial charge on any atom is -0.460 e. The van der Waals surface area contributed by atoms with Gasteiger partial charge in [0.2, 0.25) is 9.84 Å². The van der Waals surface area contributed by atoms with E-state index in [2.05, 4.69) is 4.74 Å². The monoisotopic (exact) mass is 300 g/mol. The molecule has 0 spiro atoms. The van der Waals surface area contributed by atoms with Crippen LogP contribution in [-0.2, 0) is 24.2 Å². The Morgan fingerprint density at radius 1 is 1.32 bits per heavy atom. The molecule has 0 fully saturated rings. The van der Waals surface area contributed by atoms with Crippen LogP contribution >= 0.6 is 11.6 Å². The number of carbonyl (C=O) groups is 2. The van der Waals surface area contributed by atoms with E-state index in [4.69, 9.17) is 11.6 Å². The van der Waals surface area contributed by atoms with Crippen LogP contribution in [0.4, 0.5) is 0 Å². The summed E-state index contributed by atoms with van der Waals surface area (Å²) < 4.78 is 28.9. The number of hydrogen-bond donors (Lipinski definition) is 0. The third-order valence-corrected chi connectivity index (χ3v) is 4.83. The van der Waals surface area contributed by atoms with Crippen LogP contribution in [0.5, 0.6) is 0 Å². The molecule has 0 amide bonds. The Labute approximate surface area is 114 Å². The van der Waals surface area contributed by atoms with E-state index >= 15 is 0 Å². The minimum absolute atomic E-state index is 0.00833. The van der Waals surface area contributed by atoms with Crippen LogP contribution in [-0.4, -0.2) is 26.8 Å². The predicted molar refractivity (Wildman–Crippen MR) is 68.3 cm³/mol. The highest BCUT2D eigenvalue weighted by Crippen LogP contribution is 2.37. The Balaban J connectivity index is 2.51. The van der Waals surface area contributed by atoms with E-state index in [9.17, 15) is 18.0 Å². The van der Waals surface area contributed by atoms with Crippen molar-refractivity contribution in [3.05, 3.63) is 33.7 Å². The molecule has 0 bridgehead atoms. The first-order chi connectivity index (χ1) is 8.89. The van der Waals surface area contributed by atoms with Gasteiger partial charge in [0, 0.05) is 0 Å². The van der Waals surface area contributed by atoms with E-state index in [-0.39, 0.29) is 16.5 Å². The zero-order valence-electron chi connectivity index (χ0n) is 9.84. The van der Waals surface area contributed by atoms with Crippen LogP contribution in [0.3, 0.4) is 0 Å². The van der Waals surface area contributed by atoms with Gasteiger partial charge < -0.3 is 4.74 Å². The summed E-state index contributed by atoms with van der Waals surface area (Å²) >= 11 is 5.82. The quantitative estimate of drug-likeness (QED) is 0.626. The fourth-order valence-electron chi connectivity index (χ4n) is 1.74. The summed E-state index contributed by atoms with van der Waals surface area (Å²) in [5.74, 6) is -2.38. The Morgan fingerprint density at radius 3 is 2.58 bits per heavy atom. The molecule has 1 aromatic carbocycles. The first-order valence-corrected chi connectivity index (χ1v) is 7.22. The van der Waals surface area contributed by atoms with Crippen LogP contribution < -0.4 is 0 Å². The fraction of sp³-hybridized carbons (Fsp3) is 0.167. The first-order valence-electron chi connectivity index (χ1n) is 5.36. The van der Waals surface area contributed by atoms with Crippen molar-refractivity contribution < 1.29 is 22.7 Å². The maximum Gasteiger partial charge on any atom is 0.380 e. The number of ether oxygens (including phenoxy) is 1. The second-order valence-corrected chi connectivity index (χ2v) is 5.98. The van der Waals surface area contributed by atoms with Crippen molar-refractivity contribution in [1.82, 2.24) is 0 Å². The summed E-state index contributed by atoms with van der Waals surface area (Å²) in [4.78, 5) is 22.4. The Kier molecular flexibility index (Phi) is 3.47. The highest BCUT2D eigenvalue weighted by molar-refractivity contribution is 7.97. The molecular weight excluding hydrogens is 292 g/mol. The van der Waals surface area contributed by atoms with Gasteiger partial charge >= 0.3 is 5.97 Å². The van der Waals surface area contributed by atoms with Gasteiger partial charge in [0.25, 0.3) is 5.78 Å². The minimum atomic E-state index is -4.06. The van der Waals surface area contributed by atoms with Crippen molar-refractivity contribution in [3.63, 3.8) is 0 Å². The topological polar surface area (TPSA) is 77.5 Å². The predicted octanol–water partition coefficient (Wildman–Crippen LogP) is 1.60. The number of hydrogen-bond acceptors (Lipinski definition) is 5. The van der Waals surface area contributed by atoms with Crippen LogP contribution in [0, 0.1) is 0 Å². The average molecular weight is 301 g/mol. The van der Waals surface area contributed by atoms with E-state index in [0.717, 1.165) is 6.08 Å². The molecule has 0 radical (unpaired) electrons. The molecule has 0 saturated heterocycles. The number of fused-ring (bicyclic) bond motifs is 1. The summed E-state index contributed by atoms with van der Waals surface area (Å²) in [6.07, 6.45) is 1.13. The lowest BCUT2D eigenvalue weighted by molar-refractivity contribution is -0.151. The van der Waals surface area contributed by atoms with Crippen molar-refractivity contribution >= 4 is 39.3 Å². The van der Waals surface area contributed by atoms with Gasteiger partial charge in [0.15, 0.2) is 0 Å². The van der Waals surface area contributed by atoms with Gasteiger partial charge in [-0.2, -0.15) is 0 Å². The van der Waals surface area contributed by atoms with E-state index in [1.807, 2.05) is 0 Å². The number of sulfone groups is 1. The molecule has 0 N–H and O–H groups in total. The number of carbonyl (C=O) groups excluding carboxylic acids is 2. The second kappa shape index (κ2) is 4.79. The van der Waals surface area contributed by atoms with Crippen LogP contribution in [0.25, 0.3) is 6.08 Å². The zero-order valence-corrected chi connectivity index (χ0v) is 11.4. The summed E-state index contributed by atoms with van der Waals surface area (Å²) in [5, 5.41) is 0.0143. The molecule has 0 aliphatic carbocycles. The lowest BCUT2D eigenvalue weighted by atomic mass is 10.2. The molecule has 100 valence electrons. The van der Waals surface area contributed by atoms with Gasteiger partial charge in [-0.05, 0) is 24.6 Å². The SMILES string of the molecule is CCOC(=O)C(=O)C1=Cc2cccc(Cl)c2S1(=O)=O. The zero-order chi connectivity index (χ0) is 14.2. The van der Waals surface area contributed by atoms with Crippen molar-refractivity contribution in [2.24, 2.45) is 0 Å². The maximum atomic E-state index is 12.2. The molecule has 19 heavy (non-hydrogen) atoms. The molecule has 1 heterocycles. The molecule has 5 nitrogen and oxygen atoms in total. The number of Topliss-reactive ketones (excluding diaryl/α,β-unsaturated/α-hetero) is 1. The molecule has 0 atom stereocenters. The number of ketones is 1. The molecule has 0 saturated carbocycles. The standard InChI is InChI=1S/C12H9ClO5S/c1-2-18-12(15)10(14)9-6-7-4-3-5-8(13)11(7)19(9,16)17/h3-6H,2H2,1H3.